The highest BCUT2D eigenvalue weighted by Gasteiger charge is 2.64. The highest BCUT2D eigenvalue weighted by molar-refractivity contribution is 7.85. The van der Waals surface area contributed by atoms with Gasteiger partial charge in [-0.1, -0.05) is 13.8 Å². The van der Waals surface area contributed by atoms with Crippen LogP contribution in [0, 0.1) is 16.7 Å². The van der Waals surface area contributed by atoms with E-state index in [4.69, 9.17) is 4.55 Å². The van der Waals surface area contributed by atoms with Crippen molar-refractivity contribution in [3.63, 3.8) is 0 Å². The molecule has 0 aromatic heterocycles. The van der Waals surface area contributed by atoms with E-state index < -0.39 is 21.6 Å². The minimum Gasteiger partial charge on any atom is -0.392 e. The van der Waals surface area contributed by atoms with Gasteiger partial charge in [0.2, 0.25) is 0 Å². The fourth-order valence-electron chi connectivity index (χ4n) is 3.70. The molecule has 2 bridgehead atoms. The Morgan fingerprint density at radius 2 is 2.00 bits per heavy atom. The molecule has 0 aromatic carbocycles. The predicted molar refractivity (Wildman–Crippen MR) is 56.0 cm³/mol. The predicted octanol–water partition coefficient (Wildman–Crippen LogP) is 1.06. The van der Waals surface area contributed by atoms with Gasteiger partial charge in [0, 0.05) is 5.41 Å². The summed E-state index contributed by atoms with van der Waals surface area (Å²) in [7, 11) is -4.02. The molecule has 3 atom stereocenters. The molecule has 2 rings (SSSR count). The zero-order valence-electron chi connectivity index (χ0n) is 9.10. The molecule has 0 saturated heterocycles. The van der Waals surface area contributed by atoms with Crippen LogP contribution in [0.15, 0.2) is 0 Å². The Morgan fingerprint density at radius 1 is 1.40 bits per heavy atom. The van der Waals surface area contributed by atoms with Crippen LogP contribution < -0.4 is 0 Å². The topological polar surface area (TPSA) is 74.6 Å². The molecule has 88 valence electrons. The summed E-state index contributed by atoms with van der Waals surface area (Å²) in [5.74, 6) is 0.0826. The van der Waals surface area contributed by atoms with E-state index in [2.05, 4.69) is 0 Å². The fraction of sp³-hybridized carbons (Fsp3) is 1.00. The quantitative estimate of drug-likeness (QED) is 0.701. The number of rotatable bonds is 2. The Balaban J connectivity index is 2.40. The zero-order chi connectivity index (χ0) is 11.5. The molecule has 0 aliphatic heterocycles. The van der Waals surface area contributed by atoms with Gasteiger partial charge in [0.15, 0.2) is 0 Å². The van der Waals surface area contributed by atoms with Crippen molar-refractivity contribution >= 4 is 10.1 Å². The molecule has 2 aliphatic rings. The zero-order valence-corrected chi connectivity index (χ0v) is 9.92. The van der Waals surface area contributed by atoms with E-state index >= 15 is 0 Å². The lowest BCUT2D eigenvalue weighted by Crippen LogP contribution is -2.44. The minimum atomic E-state index is -4.02. The first-order chi connectivity index (χ1) is 6.69. The van der Waals surface area contributed by atoms with Crippen molar-refractivity contribution in [1.29, 1.82) is 0 Å². The summed E-state index contributed by atoms with van der Waals surface area (Å²) < 4.78 is 31.1. The third kappa shape index (κ3) is 1.44. The Labute approximate surface area is 90.4 Å². The Morgan fingerprint density at radius 3 is 2.33 bits per heavy atom. The first kappa shape index (κ1) is 11.4. The van der Waals surface area contributed by atoms with Gasteiger partial charge in [0.1, 0.15) is 0 Å². The van der Waals surface area contributed by atoms with Crippen LogP contribution in [0.1, 0.15) is 33.1 Å². The largest absolute Gasteiger partial charge is 0.392 e. The molecular formula is C10H18O4S. The van der Waals surface area contributed by atoms with Gasteiger partial charge in [-0.3, -0.25) is 4.55 Å². The van der Waals surface area contributed by atoms with Gasteiger partial charge in [-0.15, -0.1) is 0 Å². The summed E-state index contributed by atoms with van der Waals surface area (Å²) in [6.07, 6.45) is 1.74. The lowest BCUT2D eigenvalue weighted by Gasteiger charge is -2.39. The van der Waals surface area contributed by atoms with Gasteiger partial charge in [0.25, 0.3) is 10.1 Å². The summed E-state index contributed by atoms with van der Waals surface area (Å²) >= 11 is 0. The van der Waals surface area contributed by atoms with Crippen LogP contribution in [0.3, 0.4) is 0 Å². The van der Waals surface area contributed by atoms with Crippen LogP contribution in [-0.2, 0) is 10.1 Å². The van der Waals surface area contributed by atoms with Crippen LogP contribution in [0.25, 0.3) is 0 Å². The summed E-state index contributed by atoms with van der Waals surface area (Å²) in [6.45, 7) is 4.01. The van der Waals surface area contributed by atoms with Crippen LogP contribution in [0.5, 0.6) is 0 Å². The minimum absolute atomic E-state index is 0.192. The maximum absolute atomic E-state index is 11.0. The number of aliphatic hydroxyl groups is 1. The molecule has 0 radical (unpaired) electrons. The maximum Gasteiger partial charge on any atom is 0.265 e. The summed E-state index contributed by atoms with van der Waals surface area (Å²) in [4.78, 5) is 0. The molecule has 2 fully saturated rings. The lowest BCUT2D eigenvalue weighted by atomic mass is 9.70. The molecule has 2 aliphatic carbocycles. The van der Waals surface area contributed by atoms with Crippen molar-refractivity contribution in [3.8, 4) is 0 Å². The molecule has 4 nitrogen and oxygen atoms in total. The van der Waals surface area contributed by atoms with Crippen molar-refractivity contribution in [2.75, 3.05) is 5.75 Å². The molecule has 15 heavy (non-hydrogen) atoms. The first-order valence-corrected chi connectivity index (χ1v) is 6.93. The molecule has 0 amide bonds. The highest BCUT2D eigenvalue weighted by atomic mass is 32.2. The normalized spacial score (nSPS) is 43.5. The molecular weight excluding hydrogens is 216 g/mol. The van der Waals surface area contributed by atoms with Gasteiger partial charge in [-0.25, -0.2) is 0 Å². The Hall–Kier alpha value is -0.130. The Kier molecular flexibility index (Phi) is 2.24. The van der Waals surface area contributed by atoms with E-state index in [1.807, 2.05) is 13.8 Å². The fourth-order valence-corrected chi connectivity index (χ4v) is 5.06. The van der Waals surface area contributed by atoms with E-state index in [9.17, 15) is 13.5 Å². The third-order valence-electron chi connectivity index (χ3n) is 4.83. The van der Waals surface area contributed by atoms with Crippen molar-refractivity contribution in [2.45, 2.75) is 39.2 Å². The molecule has 2 saturated carbocycles. The molecule has 5 heteroatoms. The van der Waals surface area contributed by atoms with E-state index in [-0.39, 0.29) is 11.2 Å². The van der Waals surface area contributed by atoms with E-state index in [1.165, 1.54) is 0 Å². The standard InChI is InChI=1S/C10H18O4S/c1-9(2)7-3-4-10(9,8(11)5-7)6-15(12,13)14/h7-8,11H,3-6H2,1-2H3,(H,12,13,14)/t7-,8+,10+/m1/s1. The lowest BCUT2D eigenvalue weighted by molar-refractivity contribution is 0.0142. The highest BCUT2D eigenvalue weighted by Crippen LogP contribution is 2.65. The van der Waals surface area contributed by atoms with Crippen LogP contribution in [0.2, 0.25) is 0 Å². The van der Waals surface area contributed by atoms with Crippen molar-refractivity contribution < 1.29 is 18.1 Å². The summed E-state index contributed by atoms with van der Waals surface area (Å²) in [5.41, 5.74) is -0.826. The van der Waals surface area contributed by atoms with Crippen LogP contribution in [0.4, 0.5) is 0 Å². The van der Waals surface area contributed by atoms with E-state index in [0.29, 0.717) is 18.8 Å². The van der Waals surface area contributed by atoms with Crippen LogP contribution in [-0.4, -0.2) is 29.9 Å². The van der Waals surface area contributed by atoms with E-state index in [0.717, 1.165) is 6.42 Å². The molecule has 0 aromatic rings. The SMILES string of the molecule is CC1(C)[C@@H]2CC[C@]1(CS(=O)(=O)O)[C@@H](O)C2. The number of aliphatic hydroxyl groups excluding tert-OH is 1. The number of hydrogen-bond donors (Lipinski definition) is 2. The first-order valence-electron chi connectivity index (χ1n) is 5.32. The third-order valence-corrected chi connectivity index (χ3v) is 5.71. The van der Waals surface area contributed by atoms with Gasteiger partial charge in [-0.05, 0) is 30.6 Å². The van der Waals surface area contributed by atoms with Crippen molar-refractivity contribution in [3.05, 3.63) is 0 Å². The summed E-state index contributed by atoms with van der Waals surface area (Å²) in [6, 6.07) is 0. The van der Waals surface area contributed by atoms with E-state index in [1.54, 1.807) is 0 Å². The molecule has 0 heterocycles. The average Bonchev–Trinajstić information content (AvgIpc) is 2.34. The molecule has 2 N–H and O–H groups in total. The maximum atomic E-state index is 11.0. The van der Waals surface area contributed by atoms with Gasteiger partial charge < -0.3 is 5.11 Å². The smallest absolute Gasteiger partial charge is 0.265 e. The average molecular weight is 234 g/mol. The second kappa shape index (κ2) is 2.96. The van der Waals surface area contributed by atoms with Gasteiger partial charge >= 0.3 is 0 Å². The Bertz CT molecular complexity index is 373. The van der Waals surface area contributed by atoms with Gasteiger partial charge in [-0.2, -0.15) is 8.42 Å². The monoisotopic (exact) mass is 234 g/mol. The molecule has 0 unspecified atom stereocenters. The van der Waals surface area contributed by atoms with Crippen molar-refractivity contribution in [1.82, 2.24) is 0 Å². The summed E-state index contributed by atoms with van der Waals surface area (Å²) in [5, 5.41) is 9.99. The molecule has 0 spiro atoms. The van der Waals surface area contributed by atoms with Crippen molar-refractivity contribution in [2.24, 2.45) is 16.7 Å². The van der Waals surface area contributed by atoms with Gasteiger partial charge in [0.05, 0.1) is 11.9 Å². The number of fused-ring (bicyclic) bond motifs is 2. The van der Waals surface area contributed by atoms with Crippen LogP contribution >= 0.6 is 0 Å². The number of hydrogen-bond acceptors (Lipinski definition) is 3. The second-order valence-corrected chi connectivity index (χ2v) is 7.04. The second-order valence-electron chi connectivity index (χ2n) is 5.59.